The molecule has 5 nitrogen and oxygen atoms in total. The molecule has 0 aliphatic rings. The van der Waals surface area contributed by atoms with Gasteiger partial charge in [-0.1, -0.05) is 26.0 Å². The Balaban J connectivity index is 2.25. The molecule has 0 heterocycles. The molecule has 2 amide bonds. The van der Waals surface area contributed by atoms with E-state index >= 15 is 0 Å². The van der Waals surface area contributed by atoms with Crippen LogP contribution in [0.3, 0.4) is 0 Å². The summed E-state index contributed by atoms with van der Waals surface area (Å²) in [6.45, 7) is 8.27. The van der Waals surface area contributed by atoms with Gasteiger partial charge in [-0.15, -0.1) is 0 Å². The van der Waals surface area contributed by atoms with E-state index < -0.39 is 0 Å². The van der Waals surface area contributed by atoms with Crippen LogP contribution in [0.25, 0.3) is 0 Å². The normalized spacial score (nSPS) is 10.4. The molecule has 1 aromatic carbocycles. The number of nitrogens with one attached hydrogen (secondary N) is 2. The summed E-state index contributed by atoms with van der Waals surface area (Å²) in [5.41, 5.74) is 1.02. The number of carbonyl (C=O) groups excluding carboxylic acids is 1. The molecule has 112 valence electrons. The van der Waals surface area contributed by atoms with Gasteiger partial charge in [0.1, 0.15) is 5.75 Å². The first kappa shape index (κ1) is 16.3. The second-order valence-electron chi connectivity index (χ2n) is 4.49. The van der Waals surface area contributed by atoms with E-state index in [-0.39, 0.29) is 6.03 Å². The first-order valence-corrected chi connectivity index (χ1v) is 7.06. The summed E-state index contributed by atoms with van der Waals surface area (Å²) in [6.07, 6.45) is 0. The van der Waals surface area contributed by atoms with Crippen molar-refractivity contribution in [2.75, 3.05) is 33.3 Å². The lowest BCUT2D eigenvalue weighted by Gasteiger charge is -2.18. The van der Waals surface area contributed by atoms with Crippen molar-refractivity contribution in [3.05, 3.63) is 29.8 Å². The third kappa shape index (κ3) is 5.93. The minimum atomic E-state index is -0.139. The smallest absolute Gasteiger partial charge is 0.315 e. The van der Waals surface area contributed by atoms with Crippen molar-refractivity contribution >= 4 is 6.03 Å². The highest BCUT2D eigenvalue weighted by molar-refractivity contribution is 5.73. The molecule has 1 rings (SSSR count). The van der Waals surface area contributed by atoms with Gasteiger partial charge in [-0.25, -0.2) is 4.79 Å². The van der Waals surface area contributed by atoms with Crippen LogP contribution in [0.15, 0.2) is 24.3 Å². The molecule has 0 atom stereocenters. The van der Waals surface area contributed by atoms with Gasteiger partial charge in [-0.05, 0) is 30.8 Å². The quantitative estimate of drug-likeness (QED) is 0.763. The van der Waals surface area contributed by atoms with Crippen LogP contribution in [0, 0.1) is 0 Å². The highest BCUT2D eigenvalue weighted by Gasteiger charge is 2.03. The molecule has 0 aliphatic carbocycles. The second-order valence-corrected chi connectivity index (χ2v) is 4.49. The molecule has 0 saturated carbocycles. The Morgan fingerprint density at radius 3 is 2.65 bits per heavy atom. The Morgan fingerprint density at radius 2 is 2.00 bits per heavy atom. The number of carbonyl (C=O) groups is 1. The van der Waals surface area contributed by atoms with Crippen molar-refractivity contribution in [3.63, 3.8) is 0 Å². The largest absolute Gasteiger partial charge is 0.497 e. The molecule has 0 bridgehead atoms. The maximum atomic E-state index is 11.7. The van der Waals surface area contributed by atoms with E-state index in [9.17, 15) is 4.79 Å². The number of hydrogen-bond acceptors (Lipinski definition) is 3. The molecule has 0 spiro atoms. The van der Waals surface area contributed by atoms with Crippen molar-refractivity contribution in [1.82, 2.24) is 15.5 Å². The number of amides is 2. The minimum Gasteiger partial charge on any atom is -0.497 e. The first-order chi connectivity index (χ1) is 9.69. The summed E-state index contributed by atoms with van der Waals surface area (Å²) in [4.78, 5) is 13.9. The number of ether oxygens (including phenoxy) is 1. The highest BCUT2D eigenvalue weighted by atomic mass is 16.5. The average Bonchev–Trinajstić information content (AvgIpc) is 2.49. The van der Waals surface area contributed by atoms with Crippen LogP contribution < -0.4 is 15.4 Å². The fraction of sp³-hybridized carbons (Fsp3) is 0.533. The van der Waals surface area contributed by atoms with Crippen LogP contribution in [0.1, 0.15) is 19.4 Å². The van der Waals surface area contributed by atoms with Crippen LogP contribution in [0.2, 0.25) is 0 Å². The number of nitrogens with zero attached hydrogens (tertiary/aromatic N) is 1. The molecule has 0 fully saturated rings. The average molecular weight is 279 g/mol. The lowest BCUT2D eigenvalue weighted by Crippen LogP contribution is -2.40. The molecule has 5 heteroatoms. The molecule has 0 radical (unpaired) electrons. The summed E-state index contributed by atoms with van der Waals surface area (Å²) >= 11 is 0. The monoisotopic (exact) mass is 279 g/mol. The van der Waals surface area contributed by atoms with Crippen LogP contribution >= 0.6 is 0 Å². The Morgan fingerprint density at radius 1 is 1.25 bits per heavy atom. The third-order valence-electron chi connectivity index (χ3n) is 3.20. The van der Waals surface area contributed by atoms with Crippen LogP contribution in [0.5, 0.6) is 5.75 Å². The van der Waals surface area contributed by atoms with Crippen molar-refractivity contribution < 1.29 is 9.53 Å². The number of rotatable bonds is 8. The van der Waals surface area contributed by atoms with Crippen molar-refractivity contribution in [1.29, 1.82) is 0 Å². The van der Waals surface area contributed by atoms with Gasteiger partial charge in [-0.3, -0.25) is 0 Å². The molecular formula is C15H25N3O2. The van der Waals surface area contributed by atoms with Gasteiger partial charge in [0.25, 0.3) is 0 Å². The van der Waals surface area contributed by atoms with E-state index in [0.717, 1.165) is 30.9 Å². The van der Waals surface area contributed by atoms with E-state index in [0.29, 0.717) is 13.1 Å². The molecule has 0 aromatic heterocycles. The highest BCUT2D eigenvalue weighted by Crippen LogP contribution is 2.11. The molecular weight excluding hydrogens is 254 g/mol. The Kier molecular flexibility index (Phi) is 7.50. The number of urea groups is 1. The van der Waals surface area contributed by atoms with E-state index in [2.05, 4.69) is 29.4 Å². The van der Waals surface area contributed by atoms with Gasteiger partial charge < -0.3 is 20.3 Å². The van der Waals surface area contributed by atoms with Crippen molar-refractivity contribution in [3.8, 4) is 5.75 Å². The number of methoxy groups -OCH3 is 1. The summed E-state index contributed by atoms with van der Waals surface area (Å²) in [5, 5.41) is 5.69. The Bertz CT molecular complexity index is 406. The van der Waals surface area contributed by atoms with Crippen LogP contribution in [0.4, 0.5) is 4.79 Å². The standard InChI is InChI=1S/C15H25N3O2/c1-4-18(5-2)10-9-16-15(19)17-12-13-7-6-8-14(11-13)20-3/h6-8,11H,4-5,9-10,12H2,1-3H3,(H2,16,17,19). The lowest BCUT2D eigenvalue weighted by molar-refractivity contribution is 0.236. The maximum Gasteiger partial charge on any atom is 0.315 e. The van der Waals surface area contributed by atoms with E-state index in [1.54, 1.807) is 7.11 Å². The SMILES string of the molecule is CCN(CC)CCNC(=O)NCc1cccc(OC)c1. The predicted octanol–water partition coefficient (Wildman–Crippen LogP) is 1.84. The third-order valence-corrected chi connectivity index (χ3v) is 3.20. The predicted molar refractivity (Wildman–Crippen MR) is 81.0 cm³/mol. The summed E-state index contributed by atoms with van der Waals surface area (Å²) in [6, 6.07) is 7.52. The first-order valence-electron chi connectivity index (χ1n) is 7.06. The summed E-state index contributed by atoms with van der Waals surface area (Å²) < 4.78 is 5.14. The zero-order chi connectivity index (χ0) is 14.8. The molecule has 0 saturated heterocycles. The van der Waals surface area contributed by atoms with Crippen LogP contribution in [-0.2, 0) is 6.54 Å². The second kappa shape index (κ2) is 9.20. The van der Waals surface area contributed by atoms with E-state index in [1.165, 1.54) is 0 Å². The fourth-order valence-corrected chi connectivity index (χ4v) is 1.89. The summed E-state index contributed by atoms with van der Waals surface area (Å²) in [5.74, 6) is 0.797. The maximum absolute atomic E-state index is 11.7. The zero-order valence-electron chi connectivity index (χ0n) is 12.6. The van der Waals surface area contributed by atoms with Gasteiger partial charge in [0, 0.05) is 19.6 Å². The van der Waals surface area contributed by atoms with Gasteiger partial charge in [0.15, 0.2) is 0 Å². The minimum absolute atomic E-state index is 0.139. The molecule has 1 aromatic rings. The number of hydrogen-bond donors (Lipinski definition) is 2. The Hall–Kier alpha value is -1.75. The molecule has 20 heavy (non-hydrogen) atoms. The van der Waals surface area contributed by atoms with Crippen LogP contribution in [-0.4, -0.2) is 44.2 Å². The number of benzene rings is 1. The lowest BCUT2D eigenvalue weighted by atomic mass is 10.2. The molecule has 0 unspecified atom stereocenters. The van der Waals surface area contributed by atoms with Crippen molar-refractivity contribution in [2.24, 2.45) is 0 Å². The summed E-state index contributed by atoms with van der Waals surface area (Å²) in [7, 11) is 1.63. The zero-order valence-corrected chi connectivity index (χ0v) is 12.6. The number of likely N-dealkylation sites (N-methyl/N-ethyl adjacent to an activating group) is 1. The molecule has 2 N–H and O–H groups in total. The van der Waals surface area contributed by atoms with Gasteiger partial charge in [0.2, 0.25) is 0 Å². The van der Waals surface area contributed by atoms with Crippen molar-refractivity contribution in [2.45, 2.75) is 20.4 Å². The van der Waals surface area contributed by atoms with Gasteiger partial charge in [-0.2, -0.15) is 0 Å². The van der Waals surface area contributed by atoms with E-state index in [4.69, 9.17) is 4.74 Å². The van der Waals surface area contributed by atoms with Gasteiger partial charge >= 0.3 is 6.03 Å². The topological polar surface area (TPSA) is 53.6 Å². The fourth-order valence-electron chi connectivity index (χ4n) is 1.89. The van der Waals surface area contributed by atoms with Gasteiger partial charge in [0.05, 0.1) is 7.11 Å². The molecule has 0 aliphatic heterocycles. The van der Waals surface area contributed by atoms with E-state index in [1.807, 2.05) is 24.3 Å². The Labute approximate surface area is 121 Å².